The Balaban J connectivity index is 0.00000364. The number of anilines is 1. The van der Waals surface area contributed by atoms with E-state index in [4.69, 9.17) is 17.2 Å². The monoisotopic (exact) mass is 428 g/mol. The zero-order valence-corrected chi connectivity index (χ0v) is 17.3. The number of amides is 2. The van der Waals surface area contributed by atoms with Crippen molar-refractivity contribution in [3.63, 3.8) is 0 Å². The molecule has 0 unspecified atom stereocenters. The van der Waals surface area contributed by atoms with Gasteiger partial charge in [-0.2, -0.15) is 4.99 Å². The molecule has 2 rings (SSSR count). The lowest BCUT2D eigenvalue weighted by atomic mass is 9.93. The number of benzene rings is 1. The lowest BCUT2D eigenvalue weighted by Gasteiger charge is -2.25. The van der Waals surface area contributed by atoms with Crippen LogP contribution in [0.1, 0.15) is 37.0 Å². The second-order valence-corrected chi connectivity index (χ2v) is 6.02. The van der Waals surface area contributed by atoms with Gasteiger partial charge in [-0.05, 0) is 43.2 Å². The van der Waals surface area contributed by atoms with Crippen LogP contribution in [0.25, 0.3) is 5.69 Å². The van der Waals surface area contributed by atoms with Crippen LogP contribution in [0.4, 0.5) is 5.69 Å². The van der Waals surface area contributed by atoms with E-state index in [1.807, 2.05) is 38.4 Å². The minimum absolute atomic E-state index is 0. The maximum absolute atomic E-state index is 12.6. The average molecular weight is 429 g/mol. The Morgan fingerprint density at radius 1 is 1.07 bits per heavy atom. The first-order chi connectivity index (χ1) is 12.3. The maximum atomic E-state index is 12.6. The summed E-state index contributed by atoms with van der Waals surface area (Å²) in [5.41, 5.74) is 17.1. The van der Waals surface area contributed by atoms with Gasteiger partial charge in [0.25, 0.3) is 5.91 Å². The average Bonchev–Trinajstić information content (AvgIpc) is 3.14. The molecule has 1 heterocycles. The van der Waals surface area contributed by atoms with Crippen LogP contribution < -0.4 is 22.5 Å². The largest absolute Gasteiger partial charge is 0.370 e. The number of aromatic nitrogens is 1. The highest BCUT2D eigenvalue weighted by atomic mass is 35.5. The highest BCUT2D eigenvalue weighted by Gasteiger charge is 2.30. The minimum Gasteiger partial charge on any atom is -0.370 e. The Kier molecular flexibility index (Phi) is 9.72. The summed E-state index contributed by atoms with van der Waals surface area (Å²) in [6, 6.07) is 8.60. The third-order valence-corrected chi connectivity index (χ3v) is 4.27. The van der Waals surface area contributed by atoms with Crippen LogP contribution in [-0.4, -0.2) is 27.9 Å². The molecule has 10 heteroatoms. The van der Waals surface area contributed by atoms with Gasteiger partial charge in [0.2, 0.25) is 5.91 Å². The predicted octanol–water partition coefficient (Wildman–Crippen LogP) is 2.19. The third kappa shape index (κ3) is 5.98. The van der Waals surface area contributed by atoms with Crippen LogP contribution in [0.2, 0.25) is 0 Å². The molecule has 8 nitrogen and oxygen atoms in total. The first kappa shape index (κ1) is 25.4. The van der Waals surface area contributed by atoms with Gasteiger partial charge in [0, 0.05) is 29.3 Å². The van der Waals surface area contributed by atoms with Crippen LogP contribution in [0.15, 0.2) is 47.7 Å². The number of nitrogens with zero attached hydrogens (tertiary/aromatic N) is 2. The first-order valence-corrected chi connectivity index (χ1v) is 8.31. The van der Waals surface area contributed by atoms with E-state index in [1.54, 1.807) is 16.7 Å². The highest BCUT2D eigenvalue weighted by Crippen LogP contribution is 2.22. The van der Waals surface area contributed by atoms with Crippen molar-refractivity contribution in [1.29, 1.82) is 0 Å². The molecule has 154 valence electrons. The van der Waals surface area contributed by atoms with Gasteiger partial charge in [-0.15, -0.1) is 24.8 Å². The van der Waals surface area contributed by atoms with Crippen molar-refractivity contribution in [3.05, 3.63) is 48.3 Å². The molecule has 1 aromatic carbocycles. The second kappa shape index (κ2) is 10.7. The Morgan fingerprint density at radius 2 is 1.64 bits per heavy atom. The standard InChI is InChI=1S/C18H24N6O2.2ClH/c1-3-18(21,4-2)16(26)22-13-9-12(15(25)23-17(19)20)10-14(11-13)24-7-5-6-8-24;;/h5-11H,3-4,21H2,1-2H3,(H,22,26)(H4,19,20,23,25);2*1H. The highest BCUT2D eigenvalue weighted by molar-refractivity contribution is 6.04. The van der Waals surface area contributed by atoms with E-state index < -0.39 is 11.4 Å². The van der Waals surface area contributed by atoms with Gasteiger partial charge < -0.3 is 27.1 Å². The van der Waals surface area contributed by atoms with E-state index in [0.29, 0.717) is 24.2 Å². The van der Waals surface area contributed by atoms with Crippen LogP contribution in [0.3, 0.4) is 0 Å². The molecule has 28 heavy (non-hydrogen) atoms. The lowest BCUT2D eigenvalue weighted by Crippen LogP contribution is -2.50. The second-order valence-electron chi connectivity index (χ2n) is 6.02. The zero-order valence-electron chi connectivity index (χ0n) is 15.7. The Morgan fingerprint density at radius 3 is 2.14 bits per heavy atom. The number of aliphatic imine (C=N–C) groups is 1. The fourth-order valence-corrected chi connectivity index (χ4v) is 2.47. The molecule has 0 bridgehead atoms. The number of hydrogen-bond donors (Lipinski definition) is 4. The summed E-state index contributed by atoms with van der Waals surface area (Å²) in [4.78, 5) is 28.3. The molecule has 0 atom stereocenters. The third-order valence-electron chi connectivity index (χ3n) is 4.27. The van der Waals surface area contributed by atoms with Gasteiger partial charge in [0.15, 0.2) is 5.96 Å². The molecule has 0 radical (unpaired) electrons. The van der Waals surface area contributed by atoms with Crippen LogP contribution in [-0.2, 0) is 4.79 Å². The molecule has 0 spiro atoms. The fourth-order valence-electron chi connectivity index (χ4n) is 2.47. The molecule has 0 saturated heterocycles. The molecule has 2 amide bonds. The zero-order chi connectivity index (χ0) is 19.3. The van der Waals surface area contributed by atoms with E-state index in [2.05, 4.69) is 10.3 Å². The van der Waals surface area contributed by atoms with E-state index in [9.17, 15) is 9.59 Å². The number of nitrogens with two attached hydrogens (primary N) is 3. The number of nitrogens with one attached hydrogen (secondary N) is 1. The van der Waals surface area contributed by atoms with Gasteiger partial charge in [-0.1, -0.05) is 13.8 Å². The minimum atomic E-state index is -0.979. The van der Waals surface area contributed by atoms with Crippen molar-refractivity contribution in [3.8, 4) is 5.69 Å². The van der Waals surface area contributed by atoms with Gasteiger partial charge in [0.05, 0.1) is 5.54 Å². The number of hydrogen-bond acceptors (Lipinski definition) is 3. The van der Waals surface area contributed by atoms with Crippen LogP contribution in [0, 0.1) is 0 Å². The molecule has 0 aliphatic rings. The summed E-state index contributed by atoms with van der Waals surface area (Å²) < 4.78 is 1.80. The summed E-state index contributed by atoms with van der Waals surface area (Å²) in [5.74, 6) is -1.24. The number of carbonyl (C=O) groups is 2. The molecule has 1 aromatic heterocycles. The van der Waals surface area contributed by atoms with E-state index in [1.165, 1.54) is 6.07 Å². The Hall–Kier alpha value is -2.55. The van der Waals surface area contributed by atoms with Gasteiger partial charge in [-0.25, -0.2) is 0 Å². The quantitative estimate of drug-likeness (QED) is 0.411. The number of guanidine groups is 1. The molecular weight excluding hydrogens is 403 g/mol. The maximum Gasteiger partial charge on any atom is 0.280 e. The van der Waals surface area contributed by atoms with Gasteiger partial charge in [0.1, 0.15) is 0 Å². The van der Waals surface area contributed by atoms with Crippen molar-refractivity contribution in [2.45, 2.75) is 32.2 Å². The summed E-state index contributed by atoms with van der Waals surface area (Å²) in [6.45, 7) is 3.71. The van der Waals surface area contributed by atoms with Gasteiger partial charge >= 0.3 is 0 Å². The van der Waals surface area contributed by atoms with Crippen molar-refractivity contribution < 1.29 is 9.59 Å². The normalized spacial score (nSPS) is 10.2. The van der Waals surface area contributed by atoms with E-state index in [0.717, 1.165) is 0 Å². The number of rotatable bonds is 6. The van der Waals surface area contributed by atoms with Crippen molar-refractivity contribution >= 4 is 48.3 Å². The number of carbonyl (C=O) groups excluding carboxylic acids is 2. The van der Waals surface area contributed by atoms with Crippen LogP contribution in [0.5, 0.6) is 0 Å². The van der Waals surface area contributed by atoms with E-state index >= 15 is 0 Å². The fraction of sp³-hybridized carbons (Fsp3) is 0.278. The SMILES string of the molecule is CCC(N)(CC)C(=O)Nc1cc(C(=O)N=C(N)N)cc(-n2cccc2)c1.Cl.Cl. The Bertz CT molecular complexity index is 829. The number of halogens is 2. The molecule has 0 aliphatic carbocycles. The smallest absolute Gasteiger partial charge is 0.280 e. The molecular formula is C18H26Cl2N6O2. The summed E-state index contributed by atoms with van der Waals surface area (Å²) >= 11 is 0. The van der Waals surface area contributed by atoms with Crippen molar-refractivity contribution in [2.75, 3.05) is 5.32 Å². The molecule has 2 aromatic rings. The molecule has 0 fully saturated rings. The van der Waals surface area contributed by atoms with Crippen molar-refractivity contribution in [1.82, 2.24) is 4.57 Å². The van der Waals surface area contributed by atoms with Crippen molar-refractivity contribution in [2.24, 2.45) is 22.2 Å². The van der Waals surface area contributed by atoms with Crippen LogP contribution >= 0.6 is 24.8 Å². The predicted molar refractivity (Wildman–Crippen MR) is 117 cm³/mol. The molecule has 7 N–H and O–H groups in total. The molecule has 0 aliphatic heterocycles. The summed E-state index contributed by atoms with van der Waals surface area (Å²) in [7, 11) is 0. The summed E-state index contributed by atoms with van der Waals surface area (Å²) in [5, 5.41) is 2.79. The summed E-state index contributed by atoms with van der Waals surface area (Å²) in [6.07, 6.45) is 4.63. The van der Waals surface area contributed by atoms with Gasteiger partial charge in [-0.3, -0.25) is 9.59 Å². The first-order valence-electron chi connectivity index (χ1n) is 8.31. The Labute approximate surface area is 176 Å². The molecule has 0 saturated carbocycles. The lowest BCUT2D eigenvalue weighted by molar-refractivity contribution is -0.121. The topological polar surface area (TPSA) is 142 Å². The van der Waals surface area contributed by atoms with E-state index in [-0.39, 0.29) is 42.2 Å².